The average molecular weight is 243 g/mol. The second kappa shape index (κ2) is 5.53. The van der Waals surface area contributed by atoms with Crippen LogP contribution in [0.2, 0.25) is 0 Å². The van der Waals surface area contributed by atoms with E-state index in [0.717, 1.165) is 29.6 Å². The summed E-state index contributed by atoms with van der Waals surface area (Å²) < 4.78 is 0. The maximum absolute atomic E-state index is 4.51. The van der Waals surface area contributed by atoms with E-state index in [1.54, 1.807) is 12.4 Å². The lowest BCUT2D eigenvalue weighted by Crippen LogP contribution is -2.21. The number of nitrogens with zero attached hydrogens (tertiary/aromatic N) is 5. The first-order valence-corrected chi connectivity index (χ1v) is 6.00. The molecule has 2 aromatic rings. The Morgan fingerprint density at radius 1 is 1.17 bits per heavy atom. The van der Waals surface area contributed by atoms with Gasteiger partial charge in [0.05, 0.1) is 6.54 Å². The molecular formula is C13H17N5. The van der Waals surface area contributed by atoms with Crippen LogP contribution in [-0.4, -0.2) is 27.0 Å². The van der Waals surface area contributed by atoms with Gasteiger partial charge in [0, 0.05) is 30.8 Å². The Hall–Kier alpha value is -2.04. The molecule has 2 rings (SSSR count). The van der Waals surface area contributed by atoms with Crippen molar-refractivity contribution in [1.29, 1.82) is 0 Å². The minimum absolute atomic E-state index is 0.605. The molecule has 0 saturated heterocycles. The topological polar surface area (TPSA) is 54.8 Å². The summed E-state index contributed by atoms with van der Waals surface area (Å²) in [5.41, 5.74) is 2.04. The van der Waals surface area contributed by atoms with Gasteiger partial charge in [-0.3, -0.25) is 0 Å². The Morgan fingerprint density at radius 2 is 1.89 bits per heavy atom. The molecule has 0 aliphatic carbocycles. The lowest BCUT2D eigenvalue weighted by atomic mass is 10.3. The highest BCUT2D eigenvalue weighted by Gasteiger charge is 2.08. The second-order valence-electron chi connectivity index (χ2n) is 4.18. The lowest BCUT2D eigenvalue weighted by Gasteiger charge is -2.17. The molecule has 0 spiro atoms. The third kappa shape index (κ3) is 3.00. The van der Waals surface area contributed by atoms with Gasteiger partial charge in [-0.05, 0) is 25.5 Å². The van der Waals surface area contributed by atoms with Crippen LogP contribution in [0.4, 0.5) is 5.95 Å². The molecule has 5 nitrogen and oxygen atoms in total. The predicted molar refractivity (Wildman–Crippen MR) is 70.3 cm³/mol. The van der Waals surface area contributed by atoms with E-state index in [4.69, 9.17) is 0 Å². The van der Waals surface area contributed by atoms with Crippen LogP contribution in [0.1, 0.15) is 24.1 Å². The van der Waals surface area contributed by atoms with E-state index >= 15 is 0 Å². The van der Waals surface area contributed by atoms with E-state index in [1.807, 2.05) is 31.0 Å². The SMILES string of the molecule is CCc1cc(C)nc(N(C)Cc2ncccn2)n1. The Kier molecular flexibility index (Phi) is 3.82. The smallest absolute Gasteiger partial charge is 0.225 e. The first-order valence-electron chi connectivity index (χ1n) is 6.00. The normalized spacial score (nSPS) is 10.4. The quantitative estimate of drug-likeness (QED) is 0.819. The monoisotopic (exact) mass is 243 g/mol. The molecule has 0 atom stereocenters. The van der Waals surface area contributed by atoms with Crippen LogP contribution in [0, 0.1) is 6.92 Å². The van der Waals surface area contributed by atoms with Crippen molar-refractivity contribution in [3.05, 3.63) is 41.7 Å². The summed E-state index contributed by atoms with van der Waals surface area (Å²) >= 11 is 0. The molecule has 0 bridgehead atoms. The number of hydrogen-bond donors (Lipinski definition) is 0. The van der Waals surface area contributed by atoms with Gasteiger partial charge in [0.1, 0.15) is 5.82 Å². The first-order chi connectivity index (χ1) is 8.69. The van der Waals surface area contributed by atoms with E-state index in [9.17, 15) is 0 Å². The minimum Gasteiger partial charge on any atom is -0.336 e. The Labute approximate surface area is 107 Å². The average Bonchev–Trinajstić information content (AvgIpc) is 2.39. The third-order valence-corrected chi connectivity index (χ3v) is 2.60. The fraction of sp³-hybridized carbons (Fsp3) is 0.385. The zero-order valence-electron chi connectivity index (χ0n) is 11.0. The van der Waals surface area contributed by atoms with Gasteiger partial charge in [-0.25, -0.2) is 19.9 Å². The third-order valence-electron chi connectivity index (χ3n) is 2.60. The van der Waals surface area contributed by atoms with Gasteiger partial charge < -0.3 is 4.90 Å². The minimum atomic E-state index is 0.605. The van der Waals surface area contributed by atoms with Gasteiger partial charge in [-0.15, -0.1) is 0 Å². The molecule has 0 aromatic carbocycles. The zero-order chi connectivity index (χ0) is 13.0. The molecule has 0 unspecified atom stereocenters. The molecule has 0 fully saturated rings. The Bertz CT molecular complexity index is 512. The number of hydrogen-bond acceptors (Lipinski definition) is 5. The van der Waals surface area contributed by atoms with Crippen molar-refractivity contribution in [2.45, 2.75) is 26.8 Å². The van der Waals surface area contributed by atoms with Crippen molar-refractivity contribution >= 4 is 5.95 Å². The van der Waals surface area contributed by atoms with Crippen LogP contribution < -0.4 is 4.90 Å². The van der Waals surface area contributed by atoms with Crippen molar-refractivity contribution < 1.29 is 0 Å². The summed E-state index contributed by atoms with van der Waals surface area (Å²) in [7, 11) is 1.95. The maximum atomic E-state index is 4.51. The summed E-state index contributed by atoms with van der Waals surface area (Å²) in [5.74, 6) is 1.49. The largest absolute Gasteiger partial charge is 0.336 e. The standard InChI is InChI=1S/C13H17N5/c1-4-11-8-10(2)16-13(17-11)18(3)9-12-14-6-5-7-15-12/h5-8H,4,9H2,1-3H3. The predicted octanol–water partition coefficient (Wildman–Crippen LogP) is 1.77. The summed E-state index contributed by atoms with van der Waals surface area (Å²) in [4.78, 5) is 19.3. The van der Waals surface area contributed by atoms with E-state index < -0.39 is 0 Å². The van der Waals surface area contributed by atoms with Gasteiger partial charge in [-0.2, -0.15) is 0 Å². The molecule has 2 aromatic heterocycles. The summed E-state index contributed by atoms with van der Waals surface area (Å²) in [6.07, 6.45) is 4.39. The molecule has 0 N–H and O–H groups in total. The number of anilines is 1. The van der Waals surface area contributed by atoms with Crippen LogP contribution in [0.25, 0.3) is 0 Å². The van der Waals surface area contributed by atoms with Crippen molar-refractivity contribution in [3.63, 3.8) is 0 Å². The summed E-state index contributed by atoms with van der Waals surface area (Å²) in [5, 5.41) is 0. The van der Waals surface area contributed by atoms with Gasteiger partial charge in [0.15, 0.2) is 0 Å². The van der Waals surface area contributed by atoms with E-state index in [1.165, 1.54) is 0 Å². The highest BCUT2D eigenvalue weighted by Crippen LogP contribution is 2.11. The number of aromatic nitrogens is 4. The van der Waals surface area contributed by atoms with Crippen LogP contribution in [0.3, 0.4) is 0 Å². The van der Waals surface area contributed by atoms with E-state index in [0.29, 0.717) is 6.54 Å². The highest BCUT2D eigenvalue weighted by atomic mass is 15.2. The molecule has 0 aliphatic heterocycles. The zero-order valence-corrected chi connectivity index (χ0v) is 11.0. The van der Waals surface area contributed by atoms with Crippen molar-refractivity contribution in [3.8, 4) is 0 Å². The molecule has 0 saturated carbocycles. The van der Waals surface area contributed by atoms with Gasteiger partial charge in [0.2, 0.25) is 5.95 Å². The molecule has 18 heavy (non-hydrogen) atoms. The van der Waals surface area contributed by atoms with Gasteiger partial charge in [0.25, 0.3) is 0 Å². The highest BCUT2D eigenvalue weighted by molar-refractivity contribution is 5.31. The van der Waals surface area contributed by atoms with Crippen LogP contribution >= 0.6 is 0 Å². The number of aryl methyl sites for hydroxylation is 2. The molecule has 0 aliphatic rings. The van der Waals surface area contributed by atoms with E-state index in [2.05, 4.69) is 26.9 Å². The second-order valence-corrected chi connectivity index (χ2v) is 4.18. The number of rotatable bonds is 4. The Balaban J connectivity index is 2.18. The molecule has 5 heteroatoms. The van der Waals surface area contributed by atoms with Crippen LogP contribution in [-0.2, 0) is 13.0 Å². The first kappa shape index (κ1) is 12.4. The van der Waals surface area contributed by atoms with Crippen LogP contribution in [0.5, 0.6) is 0 Å². The van der Waals surface area contributed by atoms with Crippen LogP contribution in [0.15, 0.2) is 24.5 Å². The molecule has 2 heterocycles. The fourth-order valence-corrected chi connectivity index (χ4v) is 1.66. The van der Waals surface area contributed by atoms with Crippen molar-refractivity contribution in [2.24, 2.45) is 0 Å². The Morgan fingerprint density at radius 3 is 2.56 bits per heavy atom. The molecule has 0 radical (unpaired) electrons. The fourth-order valence-electron chi connectivity index (χ4n) is 1.66. The lowest BCUT2D eigenvalue weighted by molar-refractivity contribution is 0.794. The van der Waals surface area contributed by atoms with E-state index in [-0.39, 0.29) is 0 Å². The maximum Gasteiger partial charge on any atom is 0.225 e. The van der Waals surface area contributed by atoms with Crippen molar-refractivity contribution in [2.75, 3.05) is 11.9 Å². The summed E-state index contributed by atoms with van der Waals surface area (Å²) in [6, 6.07) is 3.82. The van der Waals surface area contributed by atoms with Gasteiger partial charge in [-0.1, -0.05) is 6.92 Å². The van der Waals surface area contributed by atoms with Crippen molar-refractivity contribution in [1.82, 2.24) is 19.9 Å². The van der Waals surface area contributed by atoms with Gasteiger partial charge >= 0.3 is 0 Å². The molecular weight excluding hydrogens is 226 g/mol. The summed E-state index contributed by atoms with van der Waals surface area (Å²) in [6.45, 7) is 4.68. The molecule has 0 amide bonds. The molecule has 94 valence electrons.